The van der Waals surface area contributed by atoms with E-state index in [1.807, 2.05) is 0 Å². The van der Waals surface area contributed by atoms with Crippen LogP contribution in [0.5, 0.6) is 0 Å². The number of benzene rings is 2. The van der Waals surface area contributed by atoms with Gasteiger partial charge in [-0.1, -0.05) is 19.8 Å². The van der Waals surface area contributed by atoms with Crippen LogP contribution in [-0.2, 0) is 9.53 Å². The molecule has 0 heterocycles. The van der Waals surface area contributed by atoms with E-state index in [1.54, 1.807) is 12.1 Å². The number of hydrogen-bond donors (Lipinski definition) is 2. The Bertz CT molecular complexity index is 940. The average Bonchev–Trinajstić information content (AvgIpc) is 2.72. The number of unbranched alkanes of at least 4 members (excludes halogenated alkanes) is 2. The van der Waals surface area contributed by atoms with Crippen LogP contribution in [-0.4, -0.2) is 29.2 Å². The first-order chi connectivity index (χ1) is 14.3. The predicted octanol–water partition coefficient (Wildman–Crippen LogP) is 3.74. The molecular formula is C21H23N3O6. The van der Waals surface area contributed by atoms with Gasteiger partial charge in [0.05, 0.1) is 10.5 Å². The van der Waals surface area contributed by atoms with Gasteiger partial charge in [-0.15, -0.1) is 0 Å². The van der Waals surface area contributed by atoms with Gasteiger partial charge in [0, 0.05) is 23.7 Å². The van der Waals surface area contributed by atoms with Gasteiger partial charge in [0.15, 0.2) is 12.4 Å². The van der Waals surface area contributed by atoms with Crippen LogP contribution in [0.2, 0.25) is 0 Å². The maximum atomic E-state index is 12.2. The van der Waals surface area contributed by atoms with E-state index in [0.29, 0.717) is 17.7 Å². The number of ether oxygens (including phenoxy) is 1. The third-order valence-electron chi connectivity index (χ3n) is 4.30. The van der Waals surface area contributed by atoms with Crippen LogP contribution >= 0.6 is 0 Å². The number of carbonyl (C=O) groups is 3. The van der Waals surface area contributed by atoms with E-state index in [4.69, 9.17) is 10.5 Å². The molecule has 0 aliphatic rings. The van der Waals surface area contributed by atoms with Crippen molar-refractivity contribution in [3.8, 4) is 0 Å². The Morgan fingerprint density at radius 3 is 2.37 bits per heavy atom. The lowest BCUT2D eigenvalue weighted by molar-refractivity contribution is -0.383. The number of hydrogen-bond acceptors (Lipinski definition) is 7. The number of ketones is 1. The summed E-state index contributed by atoms with van der Waals surface area (Å²) in [6.07, 6.45) is 3.28. The van der Waals surface area contributed by atoms with Gasteiger partial charge < -0.3 is 15.8 Å². The Kier molecular flexibility index (Phi) is 8.04. The molecule has 30 heavy (non-hydrogen) atoms. The average molecular weight is 413 g/mol. The summed E-state index contributed by atoms with van der Waals surface area (Å²) < 4.78 is 4.95. The highest BCUT2D eigenvalue weighted by Crippen LogP contribution is 2.22. The second-order valence-corrected chi connectivity index (χ2v) is 6.61. The second-order valence-electron chi connectivity index (χ2n) is 6.61. The summed E-state index contributed by atoms with van der Waals surface area (Å²) in [5, 5.41) is 13.7. The van der Waals surface area contributed by atoms with Gasteiger partial charge >= 0.3 is 5.97 Å². The number of carbonyl (C=O) groups excluding carboxylic acids is 3. The van der Waals surface area contributed by atoms with E-state index in [2.05, 4.69) is 12.2 Å². The van der Waals surface area contributed by atoms with E-state index in [0.717, 1.165) is 25.3 Å². The Balaban J connectivity index is 1.90. The zero-order valence-corrected chi connectivity index (χ0v) is 16.6. The minimum absolute atomic E-state index is 0.0785. The van der Waals surface area contributed by atoms with Crippen LogP contribution in [0.3, 0.4) is 0 Å². The maximum absolute atomic E-state index is 12.2. The Hall–Kier alpha value is -3.75. The molecule has 2 aromatic carbocycles. The number of nitrogens with zero attached hydrogens (tertiary/aromatic N) is 1. The van der Waals surface area contributed by atoms with Crippen molar-refractivity contribution >= 4 is 34.7 Å². The van der Waals surface area contributed by atoms with E-state index in [-0.39, 0.29) is 17.2 Å². The molecule has 0 aromatic heterocycles. The fourth-order valence-electron chi connectivity index (χ4n) is 2.63. The number of nitro benzene ring substituents is 1. The summed E-state index contributed by atoms with van der Waals surface area (Å²) in [6, 6.07) is 9.74. The van der Waals surface area contributed by atoms with E-state index in [9.17, 15) is 24.5 Å². The van der Waals surface area contributed by atoms with Crippen LogP contribution < -0.4 is 11.1 Å². The number of nitrogen functional groups attached to an aromatic ring is 1. The topological polar surface area (TPSA) is 142 Å². The van der Waals surface area contributed by atoms with Crippen LogP contribution in [0.1, 0.15) is 53.3 Å². The lowest BCUT2D eigenvalue weighted by Gasteiger charge is -2.07. The largest absolute Gasteiger partial charge is 0.454 e. The predicted molar refractivity (Wildman–Crippen MR) is 111 cm³/mol. The minimum atomic E-state index is -0.873. The van der Waals surface area contributed by atoms with Crippen LogP contribution in [0.25, 0.3) is 0 Å². The Morgan fingerprint density at radius 2 is 1.73 bits per heavy atom. The van der Waals surface area contributed by atoms with Gasteiger partial charge in [0.2, 0.25) is 5.91 Å². The SMILES string of the molecule is CCCCCC(=O)Nc1ccc(C(=O)COC(=O)c2ccc(N)c([N+](=O)[O-])c2)cc1. The zero-order valence-electron chi connectivity index (χ0n) is 16.6. The number of nitrogens with two attached hydrogens (primary N) is 1. The molecule has 1 amide bonds. The number of anilines is 2. The summed E-state index contributed by atoms with van der Waals surface area (Å²) in [7, 11) is 0. The zero-order chi connectivity index (χ0) is 22.1. The summed E-state index contributed by atoms with van der Waals surface area (Å²) in [6.45, 7) is 1.53. The second kappa shape index (κ2) is 10.7. The van der Waals surface area contributed by atoms with E-state index < -0.39 is 29.0 Å². The molecule has 9 heteroatoms. The highest BCUT2D eigenvalue weighted by atomic mass is 16.6. The molecule has 2 rings (SSSR count). The van der Waals surface area contributed by atoms with Crippen molar-refractivity contribution in [2.24, 2.45) is 0 Å². The lowest BCUT2D eigenvalue weighted by Crippen LogP contribution is -2.15. The van der Waals surface area contributed by atoms with Crippen molar-refractivity contribution in [2.45, 2.75) is 32.6 Å². The summed E-state index contributed by atoms with van der Waals surface area (Å²) in [5.41, 5.74) is 5.79. The number of rotatable bonds is 10. The number of nitrogens with one attached hydrogen (secondary N) is 1. The number of amides is 1. The van der Waals surface area contributed by atoms with Gasteiger partial charge in [0.1, 0.15) is 5.69 Å². The highest BCUT2D eigenvalue weighted by molar-refractivity contribution is 6.00. The van der Waals surface area contributed by atoms with Crippen LogP contribution in [0.4, 0.5) is 17.1 Å². The molecule has 9 nitrogen and oxygen atoms in total. The molecule has 0 fully saturated rings. The molecule has 0 aliphatic carbocycles. The molecule has 3 N–H and O–H groups in total. The van der Waals surface area contributed by atoms with Crippen molar-refractivity contribution in [3.63, 3.8) is 0 Å². The molecule has 158 valence electrons. The fourth-order valence-corrected chi connectivity index (χ4v) is 2.63. The lowest BCUT2D eigenvalue weighted by atomic mass is 10.1. The molecule has 0 saturated carbocycles. The first-order valence-electron chi connectivity index (χ1n) is 9.46. The number of esters is 1. The molecule has 0 atom stereocenters. The highest BCUT2D eigenvalue weighted by Gasteiger charge is 2.18. The fraction of sp³-hybridized carbons (Fsp3) is 0.286. The quantitative estimate of drug-likeness (QED) is 0.151. The molecule has 0 bridgehead atoms. The maximum Gasteiger partial charge on any atom is 0.338 e. The number of Topliss-reactive ketones (excluding diaryl/α,β-unsaturated/α-hetero) is 1. The van der Waals surface area contributed by atoms with Gasteiger partial charge in [-0.2, -0.15) is 0 Å². The van der Waals surface area contributed by atoms with Crippen molar-refractivity contribution in [2.75, 3.05) is 17.7 Å². The first-order valence-corrected chi connectivity index (χ1v) is 9.46. The van der Waals surface area contributed by atoms with Crippen molar-refractivity contribution in [1.29, 1.82) is 0 Å². The molecule has 0 unspecified atom stereocenters. The first kappa shape index (κ1) is 22.5. The minimum Gasteiger partial charge on any atom is -0.454 e. The molecule has 0 spiro atoms. The van der Waals surface area contributed by atoms with Gasteiger partial charge in [-0.25, -0.2) is 4.79 Å². The van der Waals surface area contributed by atoms with Gasteiger partial charge in [-0.05, 0) is 42.8 Å². The summed E-state index contributed by atoms with van der Waals surface area (Å²) in [5.74, 6) is -1.41. The normalized spacial score (nSPS) is 10.3. The van der Waals surface area contributed by atoms with Crippen LogP contribution in [0, 0.1) is 10.1 Å². The molecule has 0 aliphatic heterocycles. The Labute approximate surface area is 173 Å². The Morgan fingerprint density at radius 1 is 1.07 bits per heavy atom. The summed E-state index contributed by atoms with van der Waals surface area (Å²) in [4.78, 5) is 46.3. The van der Waals surface area contributed by atoms with E-state index >= 15 is 0 Å². The standard InChI is InChI=1S/C21H23N3O6/c1-2-3-4-5-20(26)23-16-9-6-14(7-10-16)19(25)13-30-21(27)15-8-11-17(22)18(12-15)24(28)29/h6-12H,2-5,13,22H2,1H3,(H,23,26). The van der Waals surface area contributed by atoms with Crippen LogP contribution in [0.15, 0.2) is 42.5 Å². The molecule has 0 radical (unpaired) electrons. The van der Waals surface area contributed by atoms with Gasteiger partial charge in [-0.3, -0.25) is 19.7 Å². The number of nitro groups is 1. The third kappa shape index (κ3) is 6.40. The molecule has 2 aromatic rings. The van der Waals surface area contributed by atoms with Crippen molar-refractivity contribution in [3.05, 3.63) is 63.7 Å². The van der Waals surface area contributed by atoms with Gasteiger partial charge in [0.25, 0.3) is 5.69 Å². The monoisotopic (exact) mass is 413 g/mol. The third-order valence-corrected chi connectivity index (χ3v) is 4.30. The smallest absolute Gasteiger partial charge is 0.338 e. The van der Waals surface area contributed by atoms with Crippen molar-refractivity contribution in [1.82, 2.24) is 0 Å². The molecule has 0 saturated heterocycles. The molecular weight excluding hydrogens is 390 g/mol. The van der Waals surface area contributed by atoms with Crippen molar-refractivity contribution < 1.29 is 24.0 Å². The summed E-state index contributed by atoms with van der Waals surface area (Å²) >= 11 is 0. The van der Waals surface area contributed by atoms with E-state index in [1.165, 1.54) is 24.3 Å².